The number of amides is 3. The Balaban J connectivity index is 1.31. The first kappa shape index (κ1) is 18.5. The van der Waals surface area contributed by atoms with Crippen molar-refractivity contribution in [3.63, 3.8) is 0 Å². The van der Waals surface area contributed by atoms with E-state index in [9.17, 15) is 14.4 Å². The van der Waals surface area contributed by atoms with Crippen molar-refractivity contribution in [2.45, 2.75) is 31.7 Å². The predicted molar refractivity (Wildman–Crippen MR) is 102 cm³/mol. The molecule has 2 unspecified atom stereocenters. The van der Waals surface area contributed by atoms with Gasteiger partial charge < -0.3 is 4.90 Å². The number of carbonyl (C=O) groups excluding carboxylic acids is 3. The zero-order valence-corrected chi connectivity index (χ0v) is 16.2. The summed E-state index contributed by atoms with van der Waals surface area (Å²) in [6.07, 6.45) is 6.12. The summed E-state index contributed by atoms with van der Waals surface area (Å²) in [7, 11) is 0. The minimum Gasteiger partial charge on any atom is -0.338 e. The molecule has 27 heavy (non-hydrogen) atoms. The first-order chi connectivity index (χ1) is 13.0. The van der Waals surface area contributed by atoms with Crippen molar-refractivity contribution in [1.29, 1.82) is 0 Å². The molecule has 0 aromatic heterocycles. The number of nitrogens with zero attached hydrogens (tertiary/aromatic N) is 2. The second-order valence-corrected chi connectivity index (χ2v) is 8.23. The van der Waals surface area contributed by atoms with Gasteiger partial charge in [0.2, 0.25) is 17.7 Å². The maximum absolute atomic E-state index is 12.6. The van der Waals surface area contributed by atoms with Crippen LogP contribution in [0.25, 0.3) is 0 Å². The molecule has 3 amide bonds. The second kappa shape index (κ2) is 7.28. The second-order valence-electron chi connectivity index (χ2n) is 7.39. The molecule has 0 N–H and O–H groups in total. The number of carbonyl (C=O) groups is 3. The van der Waals surface area contributed by atoms with E-state index in [1.807, 2.05) is 18.2 Å². The van der Waals surface area contributed by atoms with Gasteiger partial charge in [0.25, 0.3) is 0 Å². The molecule has 2 fully saturated rings. The number of fused-ring (bicyclic) bond motifs is 1. The van der Waals surface area contributed by atoms with Gasteiger partial charge >= 0.3 is 0 Å². The number of hydrogen-bond acceptors (Lipinski definition) is 3. The van der Waals surface area contributed by atoms with E-state index < -0.39 is 0 Å². The molecule has 2 saturated heterocycles. The zero-order chi connectivity index (χ0) is 19.1. The van der Waals surface area contributed by atoms with Crippen LogP contribution in [-0.2, 0) is 20.8 Å². The average Bonchev–Trinajstić information content (AvgIpc) is 2.85. The molecule has 2 heterocycles. The van der Waals surface area contributed by atoms with E-state index in [1.165, 1.54) is 4.90 Å². The van der Waals surface area contributed by atoms with Gasteiger partial charge in [0.1, 0.15) is 0 Å². The van der Waals surface area contributed by atoms with Crippen molar-refractivity contribution >= 4 is 40.9 Å². The number of hydrogen-bond donors (Lipinski definition) is 0. The van der Waals surface area contributed by atoms with Crippen LogP contribution in [0, 0.1) is 11.8 Å². The van der Waals surface area contributed by atoms with Gasteiger partial charge in [-0.05, 0) is 37.0 Å². The zero-order valence-electron chi connectivity index (χ0n) is 14.7. The van der Waals surface area contributed by atoms with Crippen molar-refractivity contribution < 1.29 is 14.4 Å². The molecule has 142 valence electrons. The summed E-state index contributed by atoms with van der Waals surface area (Å²) in [6, 6.07) is 5.07. The Morgan fingerprint density at radius 1 is 1.04 bits per heavy atom. The SMILES string of the molecule is O=C(CCc1ccc(Cl)cc1Cl)N1CC(N2C(=O)C3CC=CCC3C2=O)C1. The van der Waals surface area contributed by atoms with Gasteiger partial charge in [-0.3, -0.25) is 19.3 Å². The van der Waals surface area contributed by atoms with Crippen LogP contribution in [0.15, 0.2) is 30.4 Å². The largest absolute Gasteiger partial charge is 0.338 e. The Morgan fingerprint density at radius 2 is 1.67 bits per heavy atom. The monoisotopic (exact) mass is 406 g/mol. The number of aryl methyl sites for hydroxylation is 1. The fraction of sp³-hybridized carbons (Fsp3) is 0.450. The Morgan fingerprint density at radius 3 is 2.26 bits per heavy atom. The smallest absolute Gasteiger partial charge is 0.233 e. The molecule has 4 rings (SSSR count). The summed E-state index contributed by atoms with van der Waals surface area (Å²) in [5.74, 6) is -0.548. The fourth-order valence-electron chi connectivity index (χ4n) is 4.13. The molecule has 1 aromatic rings. The number of halogens is 2. The van der Waals surface area contributed by atoms with E-state index in [0.29, 0.717) is 48.8 Å². The molecule has 7 heteroatoms. The lowest BCUT2D eigenvalue weighted by molar-refractivity contribution is -0.152. The molecule has 1 aliphatic carbocycles. The maximum Gasteiger partial charge on any atom is 0.233 e. The van der Waals surface area contributed by atoms with Crippen LogP contribution in [0.2, 0.25) is 10.0 Å². The fourth-order valence-corrected chi connectivity index (χ4v) is 4.64. The Kier molecular flexibility index (Phi) is 4.99. The average molecular weight is 407 g/mol. The minimum absolute atomic E-state index is 0.00967. The third-order valence-corrected chi connectivity index (χ3v) is 6.33. The normalized spacial score (nSPS) is 25.0. The maximum atomic E-state index is 12.6. The van der Waals surface area contributed by atoms with Gasteiger partial charge in [-0.2, -0.15) is 0 Å². The number of allylic oxidation sites excluding steroid dienone is 2. The molecule has 2 aliphatic heterocycles. The van der Waals surface area contributed by atoms with Crippen molar-refractivity contribution in [1.82, 2.24) is 9.80 Å². The molecular formula is C20H20Cl2N2O3. The lowest BCUT2D eigenvalue weighted by Gasteiger charge is -2.43. The third kappa shape index (κ3) is 3.39. The van der Waals surface area contributed by atoms with E-state index in [2.05, 4.69) is 0 Å². The van der Waals surface area contributed by atoms with Crippen LogP contribution in [-0.4, -0.2) is 46.7 Å². The first-order valence-electron chi connectivity index (χ1n) is 9.19. The molecular weight excluding hydrogens is 387 g/mol. The molecule has 0 saturated carbocycles. The van der Waals surface area contributed by atoms with Crippen molar-refractivity contribution in [3.05, 3.63) is 46.0 Å². The van der Waals surface area contributed by atoms with Crippen LogP contribution in [0.5, 0.6) is 0 Å². The molecule has 1 aromatic carbocycles. The van der Waals surface area contributed by atoms with Crippen LogP contribution >= 0.6 is 23.2 Å². The predicted octanol–water partition coefficient (Wildman–Crippen LogP) is 3.09. The van der Waals surface area contributed by atoms with Crippen LogP contribution in [0.1, 0.15) is 24.8 Å². The highest BCUT2D eigenvalue weighted by Crippen LogP contribution is 2.37. The summed E-state index contributed by atoms with van der Waals surface area (Å²) < 4.78 is 0. The minimum atomic E-state index is -0.209. The van der Waals surface area contributed by atoms with E-state index >= 15 is 0 Å². The van der Waals surface area contributed by atoms with Crippen molar-refractivity contribution in [2.75, 3.05) is 13.1 Å². The number of likely N-dealkylation sites (tertiary alicyclic amines) is 2. The molecule has 0 spiro atoms. The number of imide groups is 1. The van der Waals surface area contributed by atoms with Gasteiger partial charge in [-0.1, -0.05) is 41.4 Å². The Labute approximate surface area is 167 Å². The summed E-state index contributed by atoms with van der Waals surface area (Å²) in [5.41, 5.74) is 0.882. The van der Waals surface area contributed by atoms with Crippen molar-refractivity contribution in [3.8, 4) is 0 Å². The van der Waals surface area contributed by atoms with Gasteiger partial charge in [-0.25, -0.2) is 0 Å². The number of rotatable bonds is 4. The molecule has 0 bridgehead atoms. The molecule has 5 nitrogen and oxygen atoms in total. The van der Waals surface area contributed by atoms with Gasteiger partial charge in [0.05, 0.1) is 17.9 Å². The van der Waals surface area contributed by atoms with Crippen molar-refractivity contribution in [2.24, 2.45) is 11.8 Å². The number of benzene rings is 1. The van der Waals surface area contributed by atoms with Gasteiger partial charge in [0, 0.05) is 29.6 Å². The first-order valence-corrected chi connectivity index (χ1v) is 9.95. The summed E-state index contributed by atoms with van der Waals surface area (Å²) in [5, 5.41) is 1.12. The van der Waals surface area contributed by atoms with E-state index in [1.54, 1.807) is 17.0 Å². The summed E-state index contributed by atoms with van der Waals surface area (Å²) in [4.78, 5) is 40.7. The topological polar surface area (TPSA) is 57.7 Å². The lowest BCUT2D eigenvalue weighted by Crippen LogP contribution is -2.62. The van der Waals surface area contributed by atoms with Crippen LogP contribution in [0.4, 0.5) is 0 Å². The van der Waals surface area contributed by atoms with E-state index in [-0.39, 0.29) is 35.6 Å². The highest BCUT2D eigenvalue weighted by atomic mass is 35.5. The molecule has 3 aliphatic rings. The molecule has 2 atom stereocenters. The van der Waals surface area contributed by atoms with Gasteiger partial charge in [0.15, 0.2) is 0 Å². The third-order valence-electron chi connectivity index (χ3n) is 5.75. The quantitative estimate of drug-likeness (QED) is 0.570. The Bertz CT molecular complexity index is 807. The van der Waals surface area contributed by atoms with E-state index in [0.717, 1.165) is 5.56 Å². The summed E-state index contributed by atoms with van der Waals surface area (Å²) >= 11 is 12.0. The Hall–Kier alpha value is -1.85. The van der Waals surface area contributed by atoms with Crippen LogP contribution in [0.3, 0.4) is 0 Å². The highest BCUT2D eigenvalue weighted by Gasteiger charge is 2.52. The standard InChI is InChI=1S/C20H20Cl2N2O3/c21-13-7-5-12(17(22)9-13)6-8-18(25)23-10-14(11-23)24-19(26)15-3-1-2-4-16(15)20(24)27/h1-2,5,7,9,14-16H,3-4,6,8,10-11H2. The summed E-state index contributed by atoms with van der Waals surface area (Å²) in [6.45, 7) is 0.856. The van der Waals surface area contributed by atoms with Crippen LogP contribution < -0.4 is 0 Å². The highest BCUT2D eigenvalue weighted by molar-refractivity contribution is 6.35. The van der Waals surface area contributed by atoms with E-state index in [4.69, 9.17) is 23.2 Å². The lowest BCUT2D eigenvalue weighted by atomic mass is 9.85. The molecule has 0 radical (unpaired) electrons. The van der Waals surface area contributed by atoms with Gasteiger partial charge in [-0.15, -0.1) is 0 Å².